The van der Waals surface area contributed by atoms with Crippen LogP contribution >= 0.6 is 11.6 Å². The van der Waals surface area contributed by atoms with E-state index in [1.54, 1.807) is 17.0 Å². The van der Waals surface area contributed by atoms with E-state index in [-0.39, 0.29) is 11.9 Å². The van der Waals surface area contributed by atoms with Gasteiger partial charge in [0, 0.05) is 38.2 Å². The summed E-state index contributed by atoms with van der Waals surface area (Å²) in [7, 11) is 4.09. The Morgan fingerprint density at radius 3 is 2.38 bits per heavy atom. The van der Waals surface area contributed by atoms with E-state index in [2.05, 4.69) is 34.5 Å². The molecule has 1 aliphatic heterocycles. The van der Waals surface area contributed by atoms with Crippen molar-refractivity contribution in [3.8, 4) is 0 Å². The van der Waals surface area contributed by atoms with Crippen molar-refractivity contribution in [2.75, 3.05) is 38.6 Å². The van der Waals surface area contributed by atoms with Gasteiger partial charge in [0.15, 0.2) is 0 Å². The van der Waals surface area contributed by atoms with Crippen LogP contribution in [-0.2, 0) is 0 Å². The van der Waals surface area contributed by atoms with Gasteiger partial charge in [-0.25, -0.2) is 0 Å². The number of nitrogens with zero attached hydrogens (tertiary/aromatic N) is 1. The summed E-state index contributed by atoms with van der Waals surface area (Å²) in [5.74, 6) is -0.107. The van der Waals surface area contributed by atoms with Gasteiger partial charge < -0.3 is 15.1 Å². The van der Waals surface area contributed by atoms with Gasteiger partial charge in [-0.15, -0.1) is 0 Å². The summed E-state index contributed by atoms with van der Waals surface area (Å²) in [4.78, 5) is 16.2. The molecule has 138 valence electrons. The highest BCUT2D eigenvalue weighted by molar-refractivity contribution is 6.33. The third kappa shape index (κ3) is 4.37. The van der Waals surface area contributed by atoms with E-state index >= 15 is 0 Å². The fourth-order valence-corrected chi connectivity index (χ4v) is 3.84. The van der Waals surface area contributed by atoms with Gasteiger partial charge in [-0.1, -0.05) is 35.9 Å². The number of hydrogen-bond donors (Lipinski definition) is 2. The van der Waals surface area contributed by atoms with Crippen molar-refractivity contribution in [2.24, 2.45) is 0 Å². The molecule has 2 aromatic carbocycles. The van der Waals surface area contributed by atoms with Gasteiger partial charge in [-0.05, 0) is 24.3 Å². The smallest absolute Gasteiger partial charge is 0.253 e. The maximum atomic E-state index is 12.5. The summed E-state index contributed by atoms with van der Waals surface area (Å²) in [6, 6.07) is 16.1. The van der Waals surface area contributed by atoms with Crippen LogP contribution in [0.25, 0.3) is 0 Å². The minimum atomic E-state index is -0.107. The fraction of sp³-hybridized carbons (Fsp3) is 0.381. The zero-order valence-corrected chi connectivity index (χ0v) is 16.2. The minimum Gasteiger partial charge on any atom is -0.378 e. The first-order chi connectivity index (χ1) is 12.6. The normalized spacial score (nSPS) is 15.7. The molecular weight excluding hydrogens is 346 g/mol. The molecule has 0 aliphatic carbocycles. The topological polar surface area (TPSA) is 36.8 Å². The first kappa shape index (κ1) is 18.7. The van der Waals surface area contributed by atoms with Gasteiger partial charge in [0.1, 0.15) is 6.04 Å². The van der Waals surface area contributed by atoms with Crippen molar-refractivity contribution in [2.45, 2.75) is 18.9 Å². The number of anilines is 1. The van der Waals surface area contributed by atoms with E-state index in [1.165, 1.54) is 24.1 Å². The second-order valence-corrected chi connectivity index (χ2v) is 7.50. The molecule has 4 nitrogen and oxygen atoms in total. The van der Waals surface area contributed by atoms with Crippen LogP contribution in [0.2, 0.25) is 5.02 Å². The van der Waals surface area contributed by atoms with E-state index < -0.39 is 0 Å². The lowest BCUT2D eigenvalue weighted by molar-refractivity contribution is -0.918. The minimum absolute atomic E-state index is 0.107. The van der Waals surface area contributed by atoms with Crippen molar-refractivity contribution in [3.63, 3.8) is 0 Å². The van der Waals surface area contributed by atoms with E-state index in [0.717, 1.165) is 13.1 Å². The molecule has 26 heavy (non-hydrogen) atoms. The predicted molar refractivity (Wildman–Crippen MR) is 107 cm³/mol. The van der Waals surface area contributed by atoms with E-state index in [4.69, 9.17) is 11.6 Å². The summed E-state index contributed by atoms with van der Waals surface area (Å²) in [6.45, 7) is 2.92. The van der Waals surface area contributed by atoms with Crippen LogP contribution in [0.15, 0.2) is 48.5 Å². The lowest BCUT2D eigenvalue weighted by Crippen LogP contribution is -3.11. The molecule has 0 spiro atoms. The van der Waals surface area contributed by atoms with E-state index in [9.17, 15) is 4.79 Å². The monoisotopic (exact) mass is 372 g/mol. The number of rotatable bonds is 6. The number of carbonyl (C=O) groups excluding carboxylic acids is 1. The van der Waals surface area contributed by atoms with Crippen LogP contribution in [0.4, 0.5) is 5.69 Å². The molecule has 1 atom stereocenters. The summed E-state index contributed by atoms with van der Waals surface area (Å²) < 4.78 is 0. The van der Waals surface area contributed by atoms with Crippen LogP contribution in [0.5, 0.6) is 0 Å². The maximum Gasteiger partial charge on any atom is 0.253 e. The number of carbonyl (C=O) groups is 1. The number of amides is 1. The quantitative estimate of drug-likeness (QED) is 0.817. The highest BCUT2D eigenvalue weighted by Gasteiger charge is 2.28. The number of nitrogens with one attached hydrogen (secondary N) is 2. The van der Waals surface area contributed by atoms with Crippen molar-refractivity contribution in [1.29, 1.82) is 0 Å². The van der Waals surface area contributed by atoms with Crippen LogP contribution in [-0.4, -0.2) is 39.6 Å². The molecule has 2 N–H and O–H groups in total. The van der Waals surface area contributed by atoms with Gasteiger partial charge in [-0.3, -0.25) is 4.79 Å². The third-order valence-corrected chi connectivity index (χ3v) is 5.47. The van der Waals surface area contributed by atoms with Crippen LogP contribution < -0.4 is 15.1 Å². The van der Waals surface area contributed by atoms with Gasteiger partial charge >= 0.3 is 0 Å². The number of hydrogen-bond acceptors (Lipinski definition) is 2. The van der Waals surface area contributed by atoms with Crippen molar-refractivity contribution in [3.05, 3.63) is 64.7 Å². The van der Waals surface area contributed by atoms with Gasteiger partial charge in [0.05, 0.1) is 30.2 Å². The maximum absolute atomic E-state index is 12.5. The molecule has 0 saturated carbocycles. The molecule has 1 saturated heterocycles. The van der Waals surface area contributed by atoms with Gasteiger partial charge in [0.25, 0.3) is 5.91 Å². The van der Waals surface area contributed by atoms with Crippen molar-refractivity contribution < 1.29 is 9.69 Å². The van der Waals surface area contributed by atoms with Gasteiger partial charge in [0.2, 0.25) is 0 Å². The zero-order valence-electron chi connectivity index (χ0n) is 15.5. The summed E-state index contributed by atoms with van der Waals surface area (Å²) >= 11 is 6.15. The molecule has 3 rings (SSSR count). The Kier molecular flexibility index (Phi) is 6.17. The Morgan fingerprint density at radius 1 is 1.12 bits per heavy atom. The number of benzene rings is 2. The van der Waals surface area contributed by atoms with E-state index in [0.29, 0.717) is 17.1 Å². The van der Waals surface area contributed by atoms with Crippen LogP contribution in [0.3, 0.4) is 0 Å². The highest BCUT2D eigenvalue weighted by atomic mass is 35.5. The average molecular weight is 373 g/mol. The Hall–Kier alpha value is -2.04. The molecule has 0 unspecified atom stereocenters. The standard InChI is InChI=1S/C21H26ClN3O/c1-24(2)17-11-9-16(10-12-17)20(25-13-5-6-14-25)15-23-21(26)18-7-3-4-8-19(18)22/h3-4,7-12,20H,5-6,13-15H2,1-2H3,(H,23,26)/p+1/t20-/m1/s1. The van der Waals surface area contributed by atoms with Gasteiger partial charge in [-0.2, -0.15) is 0 Å². The molecule has 1 fully saturated rings. The summed E-state index contributed by atoms with van der Waals surface area (Å²) in [5, 5.41) is 3.59. The second-order valence-electron chi connectivity index (χ2n) is 7.09. The Morgan fingerprint density at radius 2 is 1.77 bits per heavy atom. The molecule has 0 aromatic heterocycles. The summed E-state index contributed by atoms with van der Waals surface area (Å²) in [6.07, 6.45) is 2.50. The Balaban J connectivity index is 1.74. The zero-order chi connectivity index (χ0) is 18.5. The average Bonchev–Trinajstić information content (AvgIpc) is 3.17. The first-order valence-electron chi connectivity index (χ1n) is 9.21. The predicted octanol–water partition coefficient (Wildman–Crippen LogP) is 2.56. The highest BCUT2D eigenvalue weighted by Crippen LogP contribution is 2.18. The lowest BCUT2D eigenvalue weighted by Gasteiger charge is -2.26. The Bertz CT molecular complexity index is 739. The molecule has 2 aromatic rings. The second kappa shape index (κ2) is 8.56. The molecular formula is C21H27ClN3O+. The van der Waals surface area contributed by atoms with Crippen molar-refractivity contribution in [1.82, 2.24) is 5.32 Å². The molecule has 5 heteroatoms. The lowest BCUT2D eigenvalue weighted by atomic mass is 10.0. The van der Waals surface area contributed by atoms with Crippen molar-refractivity contribution >= 4 is 23.2 Å². The first-order valence-corrected chi connectivity index (χ1v) is 9.58. The van der Waals surface area contributed by atoms with E-state index in [1.807, 2.05) is 26.2 Å². The van der Waals surface area contributed by atoms with Crippen LogP contribution in [0.1, 0.15) is 34.8 Å². The molecule has 0 radical (unpaired) electrons. The number of quaternary nitrogens is 1. The molecule has 1 heterocycles. The van der Waals surface area contributed by atoms with Crippen LogP contribution in [0, 0.1) is 0 Å². The SMILES string of the molecule is CN(C)c1ccc([C@@H](CNC(=O)c2ccccc2Cl)[NH+]2CCCC2)cc1. The Labute approximate surface area is 160 Å². The number of likely N-dealkylation sites (tertiary alicyclic amines) is 1. The molecule has 1 aliphatic rings. The fourth-order valence-electron chi connectivity index (χ4n) is 3.62. The largest absolute Gasteiger partial charge is 0.378 e. The number of halogens is 1. The third-order valence-electron chi connectivity index (χ3n) is 5.14. The molecule has 1 amide bonds. The molecule has 0 bridgehead atoms. The summed E-state index contributed by atoms with van der Waals surface area (Å²) in [5.41, 5.74) is 2.99.